The Balaban J connectivity index is 0.000000225. The third-order valence-electron chi connectivity index (χ3n) is 2.84. The summed E-state index contributed by atoms with van der Waals surface area (Å²) in [6.07, 6.45) is 2.75. The molecule has 102 valence electrons. The smallest absolute Gasteiger partial charge is 0.139 e. The van der Waals surface area contributed by atoms with Crippen LogP contribution >= 0.6 is 11.6 Å². The fourth-order valence-electron chi connectivity index (χ4n) is 1.83. The van der Waals surface area contributed by atoms with Gasteiger partial charge in [0.25, 0.3) is 0 Å². The molecular weight excluding hydrogens is 248 g/mol. The molecule has 1 unspecified atom stereocenters. The highest BCUT2D eigenvalue weighted by Crippen LogP contribution is 2.27. The average Bonchev–Trinajstić information content (AvgIpc) is 2.84. The van der Waals surface area contributed by atoms with Crippen LogP contribution in [0.4, 0.5) is 5.69 Å². The molecule has 0 saturated carbocycles. The predicted octanol–water partition coefficient (Wildman–Crippen LogP) is 3.54. The molecule has 1 fully saturated rings. The summed E-state index contributed by atoms with van der Waals surface area (Å²) in [4.78, 5) is 0. The van der Waals surface area contributed by atoms with Crippen LogP contribution in [0.3, 0.4) is 0 Å². The molecule has 1 aliphatic heterocycles. The van der Waals surface area contributed by atoms with Crippen molar-refractivity contribution in [2.24, 2.45) is 0 Å². The highest BCUT2D eigenvalue weighted by atomic mass is 35.5. The molecule has 0 aromatic heterocycles. The largest absolute Gasteiger partial charge is 0.495 e. The zero-order valence-electron chi connectivity index (χ0n) is 11.4. The molecule has 0 spiro atoms. The maximum absolute atomic E-state index is 5.84. The van der Waals surface area contributed by atoms with E-state index in [1.807, 2.05) is 25.1 Å². The van der Waals surface area contributed by atoms with Crippen LogP contribution < -0.4 is 15.4 Å². The summed E-state index contributed by atoms with van der Waals surface area (Å²) in [6, 6.07) is 6.42. The molecule has 2 N–H and O–H groups in total. The molecule has 4 heteroatoms. The standard InChI is InChI=1S/C9H12ClNO.C5H11N/c1-3-11-7-4-5-8(10)9(6-7)12-2;1-5-3-2-4-6-5/h4-6,11H,3H2,1-2H3;5-6H,2-4H2,1H3. The van der Waals surface area contributed by atoms with E-state index in [0.29, 0.717) is 10.8 Å². The number of ether oxygens (including phenoxy) is 1. The second kappa shape index (κ2) is 8.22. The Morgan fingerprint density at radius 3 is 2.72 bits per heavy atom. The van der Waals surface area contributed by atoms with Crippen molar-refractivity contribution in [3.63, 3.8) is 0 Å². The third kappa shape index (κ3) is 5.15. The van der Waals surface area contributed by atoms with E-state index in [1.165, 1.54) is 19.4 Å². The normalized spacial score (nSPS) is 17.9. The monoisotopic (exact) mass is 270 g/mol. The SMILES string of the molecule is CC1CCCN1.CCNc1ccc(Cl)c(OC)c1. The number of methoxy groups -OCH3 is 1. The van der Waals surface area contributed by atoms with Crippen LogP contribution in [0, 0.1) is 0 Å². The first kappa shape index (κ1) is 15.1. The van der Waals surface area contributed by atoms with Crippen molar-refractivity contribution < 1.29 is 4.74 Å². The predicted molar refractivity (Wildman–Crippen MR) is 78.9 cm³/mol. The summed E-state index contributed by atoms with van der Waals surface area (Å²) in [5, 5.41) is 7.13. The van der Waals surface area contributed by atoms with Gasteiger partial charge in [-0.1, -0.05) is 11.6 Å². The molecule has 2 rings (SSSR count). The van der Waals surface area contributed by atoms with Crippen LogP contribution in [-0.2, 0) is 0 Å². The Morgan fingerprint density at radius 1 is 1.50 bits per heavy atom. The molecule has 3 nitrogen and oxygen atoms in total. The number of rotatable bonds is 3. The van der Waals surface area contributed by atoms with Gasteiger partial charge in [0.05, 0.1) is 12.1 Å². The van der Waals surface area contributed by atoms with Crippen molar-refractivity contribution >= 4 is 17.3 Å². The fourth-order valence-corrected chi connectivity index (χ4v) is 2.03. The van der Waals surface area contributed by atoms with Gasteiger partial charge < -0.3 is 15.4 Å². The van der Waals surface area contributed by atoms with E-state index in [0.717, 1.165) is 18.3 Å². The van der Waals surface area contributed by atoms with Gasteiger partial charge in [0.1, 0.15) is 5.75 Å². The van der Waals surface area contributed by atoms with Crippen LogP contribution in [0.15, 0.2) is 18.2 Å². The van der Waals surface area contributed by atoms with Gasteiger partial charge in [-0.3, -0.25) is 0 Å². The lowest BCUT2D eigenvalue weighted by Gasteiger charge is -2.06. The number of halogens is 1. The molecule has 0 bridgehead atoms. The minimum Gasteiger partial charge on any atom is -0.495 e. The number of hydrogen-bond acceptors (Lipinski definition) is 3. The summed E-state index contributed by atoms with van der Waals surface area (Å²) in [5.41, 5.74) is 1.03. The molecule has 1 aromatic rings. The lowest BCUT2D eigenvalue weighted by molar-refractivity contribution is 0.415. The number of anilines is 1. The molecule has 0 aliphatic carbocycles. The molecular formula is C14H23ClN2O. The van der Waals surface area contributed by atoms with Crippen LogP contribution in [0.1, 0.15) is 26.7 Å². The van der Waals surface area contributed by atoms with Gasteiger partial charge in [-0.2, -0.15) is 0 Å². The Labute approximate surface area is 115 Å². The molecule has 1 heterocycles. The minimum atomic E-state index is 0.638. The lowest BCUT2D eigenvalue weighted by Crippen LogP contribution is -2.16. The average molecular weight is 271 g/mol. The maximum atomic E-state index is 5.84. The summed E-state index contributed by atoms with van der Waals surface area (Å²) >= 11 is 5.84. The van der Waals surface area contributed by atoms with Crippen LogP contribution in [-0.4, -0.2) is 26.2 Å². The topological polar surface area (TPSA) is 33.3 Å². The lowest BCUT2D eigenvalue weighted by atomic mass is 10.3. The molecule has 1 atom stereocenters. The van der Waals surface area contributed by atoms with Crippen LogP contribution in [0.5, 0.6) is 5.75 Å². The van der Waals surface area contributed by atoms with E-state index in [1.54, 1.807) is 7.11 Å². The van der Waals surface area contributed by atoms with Crippen molar-refractivity contribution in [1.82, 2.24) is 5.32 Å². The van der Waals surface area contributed by atoms with Gasteiger partial charge in [0, 0.05) is 24.3 Å². The zero-order valence-corrected chi connectivity index (χ0v) is 12.2. The Kier molecular flexibility index (Phi) is 6.91. The third-order valence-corrected chi connectivity index (χ3v) is 3.15. The van der Waals surface area contributed by atoms with Crippen LogP contribution in [0.2, 0.25) is 5.02 Å². The van der Waals surface area contributed by atoms with E-state index in [9.17, 15) is 0 Å². The Morgan fingerprint density at radius 2 is 2.28 bits per heavy atom. The van der Waals surface area contributed by atoms with E-state index in [2.05, 4.69) is 17.6 Å². The first-order valence-corrected chi connectivity index (χ1v) is 6.86. The van der Waals surface area contributed by atoms with Crippen molar-refractivity contribution in [3.05, 3.63) is 23.2 Å². The number of nitrogens with one attached hydrogen (secondary N) is 2. The highest BCUT2D eigenvalue weighted by Gasteiger charge is 2.05. The van der Waals surface area contributed by atoms with Crippen molar-refractivity contribution in [1.29, 1.82) is 0 Å². The quantitative estimate of drug-likeness (QED) is 0.881. The number of hydrogen-bond donors (Lipinski definition) is 2. The highest BCUT2D eigenvalue weighted by molar-refractivity contribution is 6.32. The van der Waals surface area contributed by atoms with E-state index < -0.39 is 0 Å². The molecule has 0 radical (unpaired) electrons. The summed E-state index contributed by atoms with van der Waals surface area (Å²) in [6.45, 7) is 6.40. The summed E-state index contributed by atoms with van der Waals surface area (Å²) in [5.74, 6) is 0.704. The molecule has 0 amide bonds. The molecule has 1 aliphatic rings. The summed E-state index contributed by atoms with van der Waals surface area (Å²) in [7, 11) is 1.61. The Hall–Kier alpha value is -0.930. The van der Waals surface area contributed by atoms with E-state index in [-0.39, 0.29) is 0 Å². The fraction of sp³-hybridized carbons (Fsp3) is 0.571. The van der Waals surface area contributed by atoms with Crippen molar-refractivity contribution in [2.45, 2.75) is 32.7 Å². The van der Waals surface area contributed by atoms with Crippen molar-refractivity contribution in [2.75, 3.05) is 25.5 Å². The second-order valence-corrected chi connectivity index (χ2v) is 4.78. The minimum absolute atomic E-state index is 0.638. The van der Waals surface area contributed by atoms with Gasteiger partial charge in [-0.15, -0.1) is 0 Å². The van der Waals surface area contributed by atoms with Crippen molar-refractivity contribution in [3.8, 4) is 5.75 Å². The summed E-state index contributed by atoms with van der Waals surface area (Å²) < 4.78 is 5.06. The maximum Gasteiger partial charge on any atom is 0.139 e. The van der Waals surface area contributed by atoms with Gasteiger partial charge in [0.15, 0.2) is 0 Å². The van der Waals surface area contributed by atoms with Gasteiger partial charge >= 0.3 is 0 Å². The zero-order chi connectivity index (χ0) is 13.4. The van der Waals surface area contributed by atoms with E-state index >= 15 is 0 Å². The second-order valence-electron chi connectivity index (χ2n) is 4.38. The first-order chi connectivity index (χ1) is 8.67. The first-order valence-electron chi connectivity index (χ1n) is 6.48. The van der Waals surface area contributed by atoms with E-state index in [4.69, 9.17) is 16.3 Å². The molecule has 1 aromatic carbocycles. The Bertz CT molecular complexity index is 352. The number of benzene rings is 1. The van der Waals surface area contributed by atoms with Gasteiger partial charge in [-0.05, 0) is 45.4 Å². The molecule has 18 heavy (non-hydrogen) atoms. The molecule has 1 saturated heterocycles. The van der Waals surface area contributed by atoms with Crippen LogP contribution in [0.25, 0.3) is 0 Å². The van der Waals surface area contributed by atoms with Gasteiger partial charge in [0.2, 0.25) is 0 Å². The van der Waals surface area contributed by atoms with Gasteiger partial charge in [-0.25, -0.2) is 0 Å².